The van der Waals surface area contributed by atoms with Gasteiger partial charge in [-0.05, 0) is 44.9 Å². The summed E-state index contributed by atoms with van der Waals surface area (Å²) < 4.78 is 9.92. The number of hydrogen-bond donors (Lipinski definition) is 2. The molecule has 1 saturated heterocycles. The maximum Gasteiger partial charge on any atom is 0.330 e. The second-order valence-electron chi connectivity index (χ2n) is 9.66. The van der Waals surface area contributed by atoms with Gasteiger partial charge in [0.05, 0.1) is 20.3 Å². The Morgan fingerprint density at radius 3 is 1.76 bits per heavy atom. The molecule has 232 valence electrons. The lowest BCUT2D eigenvalue weighted by Crippen LogP contribution is -2.53. The van der Waals surface area contributed by atoms with Crippen LogP contribution in [0.1, 0.15) is 58.3 Å². The molecule has 0 aliphatic carbocycles. The van der Waals surface area contributed by atoms with Gasteiger partial charge in [-0.25, -0.2) is 4.79 Å². The zero-order valence-corrected chi connectivity index (χ0v) is 25.5. The second-order valence-corrected chi connectivity index (χ2v) is 9.66. The highest BCUT2D eigenvalue weighted by atomic mass is 16.5. The predicted octanol–water partition coefficient (Wildman–Crippen LogP) is 5.13. The van der Waals surface area contributed by atoms with Crippen LogP contribution in [0.4, 0.5) is 0 Å². The number of carbonyl (C=O) groups is 3. The molecule has 0 aromatic heterocycles. The lowest BCUT2D eigenvalue weighted by Gasteiger charge is -2.34. The van der Waals surface area contributed by atoms with Gasteiger partial charge >= 0.3 is 5.97 Å². The lowest BCUT2D eigenvalue weighted by molar-refractivity contribution is -0.135. The summed E-state index contributed by atoms with van der Waals surface area (Å²) >= 11 is 0. The molecule has 1 aliphatic rings. The number of methoxy groups -OCH3 is 1. The molecule has 2 N–H and O–H groups in total. The molecular weight excluding hydrogens is 530 g/mol. The number of esters is 1. The smallest absolute Gasteiger partial charge is 0.330 e. The number of amides is 2. The molecule has 1 heterocycles. The summed E-state index contributed by atoms with van der Waals surface area (Å²) in [7, 11) is 1.25. The Hall–Kier alpha value is -3.49. The van der Waals surface area contributed by atoms with E-state index in [1.807, 2.05) is 6.08 Å². The Balaban J connectivity index is 2.21. The van der Waals surface area contributed by atoms with Crippen molar-refractivity contribution < 1.29 is 23.9 Å². The van der Waals surface area contributed by atoms with Gasteiger partial charge in [0, 0.05) is 50.8 Å². The van der Waals surface area contributed by atoms with Crippen molar-refractivity contribution in [1.82, 2.24) is 15.5 Å². The summed E-state index contributed by atoms with van der Waals surface area (Å²) in [5.74, 6) is -0.999. The summed E-state index contributed by atoms with van der Waals surface area (Å²) in [5.41, 5.74) is 0. The number of carbonyl (C=O) groups excluding carboxylic acids is 3. The quantitative estimate of drug-likeness (QED) is 0.111. The van der Waals surface area contributed by atoms with Crippen LogP contribution in [0.15, 0.2) is 85.1 Å². The average Bonchev–Trinajstić information content (AvgIpc) is 3.01. The summed E-state index contributed by atoms with van der Waals surface area (Å²) in [4.78, 5) is 37.8. The van der Waals surface area contributed by atoms with Crippen LogP contribution >= 0.6 is 0 Å². The van der Waals surface area contributed by atoms with Crippen LogP contribution in [0.2, 0.25) is 0 Å². The molecule has 0 radical (unpaired) electrons. The number of morpholine rings is 1. The first kappa shape index (κ1) is 36.5. The standard InChI is InChI=1S/C34H51N3O5/c1-3-4-5-6-7-8-9-10-11-12-13-14-15-16-17-18-19-20-21-22-32(38)35-29-31(37-25-27-42-28-26-37)30-36-33(39)23-24-34(40)41-2/h4-5,7-8,10-11,13-14,16-17,19-20,23-24,31H,3,6,9,12,15,18,21-22,25-30H2,1-2H3,(H,35,38)(H,36,39)/b5-4-,8-7-,11-10-,14-13-,17-16-,20-19-,24-23+. The van der Waals surface area contributed by atoms with Gasteiger partial charge in [0.25, 0.3) is 0 Å². The van der Waals surface area contributed by atoms with Crippen LogP contribution in [0.25, 0.3) is 0 Å². The number of rotatable bonds is 21. The van der Waals surface area contributed by atoms with E-state index in [-0.39, 0.29) is 17.9 Å². The van der Waals surface area contributed by atoms with Crippen LogP contribution in [-0.2, 0) is 23.9 Å². The van der Waals surface area contributed by atoms with Gasteiger partial charge in [0.15, 0.2) is 0 Å². The fraction of sp³-hybridized carbons (Fsp3) is 0.500. The summed E-state index contributed by atoms with van der Waals surface area (Å²) in [6.45, 7) is 5.60. The van der Waals surface area contributed by atoms with Gasteiger partial charge in [-0.2, -0.15) is 0 Å². The number of hydrogen-bond acceptors (Lipinski definition) is 6. The molecule has 1 unspecified atom stereocenters. The number of nitrogens with zero attached hydrogens (tertiary/aromatic N) is 1. The third-order valence-electron chi connectivity index (χ3n) is 6.32. The maximum absolute atomic E-state index is 12.4. The Kier molecular flexibility index (Phi) is 23.0. The van der Waals surface area contributed by atoms with E-state index in [2.05, 4.69) is 94.0 Å². The van der Waals surface area contributed by atoms with E-state index < -0.39 is 5.97 Å². The Bertz CT molecular complexity index is 956. The molecule has 0 saturated carbocycles. The second kappa shape index (κ2) is 26.4. The normalized spacial score (nSPS) is 15.8. The van der Waals surface area contributed by atoms with Crippen LogP contribution in [0.5, 0.6) is 0 Å². The highest BCUT2D eigenvalue weighted by Gasteiger charge is 2.22. The Labute approximate surface area is 253 Å². The van der Waals surface area contributed by atoms with Crippen molar-refractivity contribution in [3.8, 4) is 0 Å². The van der Waals surface area contributed by atoms with Crippen LogP contribution in [0, 0.1) is 0 Å². The van der Waals surface area contributed by atoms with E-state index in [1.54, 1.807) is 0 Å². The Morgan fingerprint density at radius 2 is 1.24 bits per heavy atom. The fourth-order valence-electron chi connectivity index (χ4n) is 3.94. The molecular formula is C34H51N3O5. The molecule has 0 aromatic carbocycles. The molecule has 0 bridgehead atoms. The molecule has 1 atom stereocenters. The SMILES string of the molecule is CC/C=C\C/C=C\C/C=C\C/C=C\C/C=C\C/C=C\CCC(=O)NCC(CNC(=O)/C=C/C(=O)OC)N1CCOCC1. The number of ether oxygens (including phenoxy) is 2. The summed E-state index contributed by atoms with van der Waals surface area (Å²) in [5, 5.41) is 5.78. The zero-order chi connectivity index (χ0) is 30.5. The zero-order valence-electron chi connectivity index (χ0n) is 25.5. The molecule has 8 heteroatoms. The largest absolute Gasteiger partial charge is 0.466 e. The van der Waals surface area contributed by atoms with Crippen molar-refractivity contribution >= 4 is 17.8 Å². The predicted molar refractivity (Wildman–Crippen MR) is 171 cm³/mol. The van der Waals surface area contributed by atoms with Crippen LogP contribution in [-0.4, -0.2) is 75.2 Å². The lowest BCUT2D eigenvalue weighted by atomic mass is 10.2. The first-order chi connectivity index (χ1) is 20.6. The van der Waals surface area contributed by atoms with Crippen molar-refractivity contribution in [2.45, 2.75) is 64.3 Å². The molecule has 1 rings (SSSR count). The highest BCUT2D eigenvalue weighted by Crippen LogP contribution is 2.04. The molecule has 0 spiro atoms. The first-order valence-electron chi connectivity index (χ1n) is 15.1. The monoisotopic (exact) mass is 581 g/mol. The molecule has 42 heavy (non-hydrogen) atoms. The van der Waals surface area contributed by atoms with Crippen molar-refractivity contribution in [1.29, 1.82) is 0 Å². The van der Waals surface area contributed by atoms with Gasteiger partial charge in [0.1, 0.15) is 0 Å². The minimum atomic E-state index is -0.589. The van der Waals surface area contributed by atoms with Crippen molar-refractivity contribution in [3.63, 3.8) is 0 Å². The first-order valence-corrected chi connectivity index (χ1v) is 15.1. The van der Waals surface area contributed by atoms with E-state index >= 15 is 0 Å². The fourth-order valence-corrected chi connectivity index (χ4v) is 3.94. The van der Waals surface area contributed by atoms with E-state index in [0.717, 1.165) is 63.8 Å². The van der Waals surface area contributed by atoms with Crippen LogP contribution < -0.4 is 10.6 Å². The van der Waals surface area contributed by atoms with E-state index in [9.17, 15) is 14.4 Å². The topological polar surface area (TPSA) is 97.0 Å². The van der Waals surface area contributed by atoms with Gasteiger partial charge < -0.3 is 20.1 Å². The van der Waals surface area contributed by atoms with E-state index in [4.69, 9.17) is 4.74 Å². The third kappa shape index (κ3) is 21.3. The van der Waals surface area contributed by atoms with Gasteiger partial charge in [-0.1, -0.05) is 79.8 Å². The molecule has 2 amide bonds. The van der Waals surface area contributed by atoms with Crippen molar-refractivity contribution in [2.24, 2.45) is 0 Å². The minimum Gasteiger partial charge on any atom is -0.466 e. The van der Waals surface area contributed by atoms with E-state index in [1.165, 1.54) is 7.11 Å². The molecule has 1 aliphatic heterocycles. The Morgan fingerprint density at radius 1 is 0.738 bits per heavy atom. The van der Waals surface area contributed by atoms with Gasteiger partial charge in [-0.3, -0.25) is 14.5 Å². The van der Waals surface area contributed by atoms with Crippen molar-refractivity contribution in [3.05, 3.63) is 85.1 Å². The summed E-state index contributed by atoms with van der Waals surface area (Å²) in [6, 6.07) is -0.0702. The van der Waals surface area contributed by atoms with Crippen molar-refractivity contribution in [2.75, 3.05) is 46.5 Å². The molecule has 1 fully saturated rings. The molecule has 8 nitrogen and oxygen atoms in total. The average molecular weight is 582 g/mol. The third-order valence-corrected chi connectivity index (χ3v) is 6.32. The number of allylic oxidation sites excluding steroid dienone is 12. The van der Waals surface area contributed by atoms with Gasteiger partial charge in [-0.15, -0.1) is 0 Å². The number of nitrogens with one attached hydrogen (secondary N) is 2. The minimum absolute atomic E-state index is 0.0234. The van der Waals surface area contributed by atoms with E-state index in [0.29, 0.717) is 39.1 Å². The summed E-state index contributed by atoms with van der Waals surface area (Å²) in [6.07, 6.45) is 35.0. The van der Waals surface area contributed by atoms with Gasteiger partial charge in [0.2, 0.25) is 11.8 Å². The highest BCUT2D eigenvalue weighted by molar-refractivity contribution is 5.94. The van der Waals surface area contributed by atoms with Crippen LogP contribution in [0.3, 0.4) is 0 Å². The maximum atomic E-state index is 12.4. The molecule has 0 aromatic rings.